The van der Waals surface area contributed by atoms with Crippen LogP contribution in [-0.2, 0) is 0 Å². The first-order valence-electron chi connectivity index (χ1n) is 9.01. The summed E-state index contributed by atoms with van der Waals surface area (Å²) in [5.41, 5.74) is 2.05. The molecule has 4 aliphatic carbocycles. The van der Waals surface area contributed by atoms with Gasteiger partial charge in [-0.05, 0) is 80.0 Å². The van der Waals surface area contributed by atoms with E-state index in [0.717, 1.165) is 37.5 Å². The van der Waals surface area contributed by atoms with Crippen molar-refractivity contribution in [3.63, 3.8) is 0 Å². The SMILES string of the molecule is CC12CC[C@H](O)CC1=CC[C@@H]1[C@@H]2CC[C@]2(C)[C@@H](O)CC[C@@H]12. The topological polar surface area (TPSA) is 40.5 Å². The molecule has 0 aliphatic heterocycles. The molecule has 0 aromatic carbocycles. The predicted molar refractivity (Wildman–Crippen MR) is 83.7 cm³/mol. The highest BCUT2D eigenvalue weighted by atomic mass is 16.3. The van der Waals surface area contributed by atoms with E-state index in [4.69, 9.17) is 0 Å². The lowest BCUT2D eigenvalue weighted by Gasteiger charge is -2.57. The van der Waals surface area contributed by atoms with Gasteiger partial charge in [-0.15, -0.1) is 0 Å². The Balaban J connectivity index is 1.68. The average Bonchev–Trinajstić information content (AvgIpc) is 2.76. The summed E-state index contributed by atoms with van der Waals surface area (Å²) < 4.78 is 0. The Hall–Kier alpha value is -0.340. The van der Waals surface area contributed by atoms with Crippen LogP contribution in [0.5, 0.6) is 0 Å². The lowest BCUT2D eigenvalue weighted by molar-refractivity contribution is -0.0711. The molecule has 0 aromatic rings. The van der Waals surface area contributed by atoms with Crippen molar-refractivity contribution in [1.29, 1.82) is 0 Å². The minimum absolute atomic E-state index is 0.0742. The fourth-order valence-electron chi connectivity index (χ4n) is 6.61. The maximum atomic E-state index is 10.5. The van der Waals surface area contributed by atoms with Gasteiger partial charge < -0.3 is 10.2 Å². The molecule has 0 radical (unpaired) electrons. The molecule has 2 heteroatoms. The van der Waals surface area contributed by atoms with Gasteiger partial charge in [-0.2, -0.15) is 0 Å². The third-order valence-corrected chi connectivity index (χ3v) is 8.03. The molecule has 3 saturated carbocycles. The normalized spacial score (nSPS) is 56.2. The third-order valence-electron chi connectivity index (χ3n) is 8.03. The molecule has 0 bridgehead atoms. The first-order valence-corrected chi connectivity index (χ1v) is 9.01. The Labute approximate surface area is 128 Å². The molecule has 118 valence electrons. The maximum Gasteiger partial charge on any atom is 0.0596 e. The predicted octanol–water partition coefficient (Wildman–Crippen LogP) is 3.67. The van der Waals surface area contributed by atoms with Crippen molar-refractivity contribution < 1.29 is 10.2 Å². The molecule has 4 rings (SSSR count). The number of hydrogen-bond acceptors (Lipinski definition) is 2. The van der Waals surface area contributed by atoms with Crippen LogP contribution in [0.2, 0.25) is 0 Å². The number of aliphatic hydroxyl groups excluding tert-OH is 2. The summed E-state index contributed by atoms with van der Waals surface area (Å²) >= 11 is 0. The largest absolute Gasteiger partial charge is 0.393 e. The Kier molecular flexibility index (Phi) is 3.11. The number of allylic oxidation sites excluding steroid dienone is 1. The van der Waals surface area contributed by atoms with Gasteiger partial charge in [0.15, 0.2) is 0 Å². The third kappa shape index (κ3) is 1.84. The monoisotopic (exact) mass is 290 g/mol. The van der Waals surface area contributed by atoms with Crippen LogP contribution in [0.4, 0.5) is 0 Å². The van der Waals surface area contributed by atoms with E-state index in [1.165, 1.54) is 25.7 Å². The molecule has 2 nitrogen and oxygen atoms in total. The van der Waals surface area contributed by atoms with Crippen LogP contribution in [0.25, 0.3) is 0 Å². The van der Waals surface area contributed by atoms with Crippen LogP contribution in [0, 0.1) is 28.6 Å². The van der Waals surface area contributed by atoms with E-state index >= 15 is 0 Å². The van der Waals surface area contributed by atoms with Crippen molar-refractivity contribution in [2.24, 2.45) is 28.6 Å². The van der Waals surface area contributed by atoms with Crippen molar-refractivity contribution in [2.75, 3.05) is 0 Å². The van der Waals surface area contributed by atoms with E-state index in [1.54, 1.807) is 5.57 Å². The fraction of sp³-hybridized carbons (Fsp3) is 0.895. The molecule has 0 aromatic heterocycles. The number of rotatable bonds is 0. The quantitative estimate of drug-likeness (QED) is 0.668. The molecular formula is C19H30O2. The number of aliphatic hydroxyl groups is 2. The molecule has 0 heterocycles. The summed E-state index contributed by atoms with van der Waals surface area (Å²) in [6.07, 6.45) is 11.2. The second-order valence-corrected chi connectivity index (χ2v) is 8.79. The first kappa shape index (κ1) is 14.3. The van der Waals surface area contributed by atoms with Gasteiger partial charge in [-0.3, -0.25) is 0 Å². The molecule has 0 amide bonds. The Morgan fingerprint density at radius 1 is 1.00 bits per heavy atom. The van der Waals surface area contributed by atoms with E-state index < -0.39 is 0 Å². The smallest absolute Gasteiger partial charge is 0.0596 e. The molecule has 3 fully saturated rings. The first-order chi connectivity index (χ1) is 9.95. The van der Waals surface area contributed by atoms with E-state index in [1.807, 2.05) is 0 Å². The molecule has 7 atom stereocenters. The summed E-state index contributed by atoms with van der Waals surface area (Å²) in [5, 5.41) is 20.5. The second kappa shape index (κ2) is 4.58. The van der Waals surface area contributed by atoms with Crippen LogP contribution in [-0.4, -0.2) is 22.4 Å². The molecule has 2 N–H and O–H groups in total. The number of fused-ring (bicyclic) bond motifs is 5. The van der Waals surface area contributed by atoms with Crippen LogP contribution < -0.4 is 0 Å². The zero-order valence-electron chi connectivity index (χ0n) is 13.5. The standard InChI is InChI=1S/C19H30O2/c1-18-9-7-13(20)11-12(18)3-4-14-15-5-6-17(21)19(15,2)10-8-16(14)18/h3,13-17,20-21H,4-11H2,1-2H3/t13-,14-,15-,16-,17-,18?,19-/m0/s1. The highest BCUT2D eigenvalue weighted by molar-refractivity contribution is 5.25. The summed E-state index contributed by atoms with van der Waals surface area (Å²) in [6, 6.07) is 0. The van der Waals surface area contributed by atoms with Gasteiger partial charge >= 0.3 is 0 Å². The fourth-order valence-corrected chi connectivity index (χ4v) is 6.61. The molecule has 4 aliphatic rings. The highest BCUT2D eigenvalue weighted by Gasteiger charge is 2.58. The molecule has 1 unspecified atom stereocenters. The minimum Gasteiger partial charge on any atom is -0.393 e. The molecular weight excluding hydrogens is 260 g/mol. The van der Waals surface area contributed by atoms with Gasteiger partial charge in [-0.25, -0.2) is 0 Å². The Bertz CT molecular complexity index is 470. The van der Waals surface area contributed by atoms with Crippen LogP contribution in [0.3, 0.4) is 0 Å². The second-order valence-electron chi connectivity index (χ2n) is 8.79. The average molecular weight is 290 g/mol. The van der Waals surface area contributed by atoms with Crippen molar-refractivity contribution in [3.05, 3.63) is 11.6 Å². The summed E-state index contributed by atoms with van der Waals surface area (Å²) in [6.45, 7) is 4.81. The van der Waals surface area contributed by atoms with Crippen LogP contribution in [0.15, 0.2) is 11.6 Å². The zero-order valence-corrected chi connectivity index (χ0v) is 13.5. The molecule has 0 saturated heterocycles. The van der Waals surface area contributed by atoms with E-state index in [2.05, 4.69) is 19.9 Å². The summed E-state index contributed by atoms with van der Waals surface area (Å²) in [4.78, 5) is 0. The van der Waals surface area contributed by atoms with Gasteiger partial charge in [0.25, 0.3) is 0 Å². The Morgan fingerprint density at radius 3 is 2.62 bits per heavy atom. The van der Waals surface area contributed by atoms with Gasteiger partial charge in [0.2, 0.25) is 0 Å². The lowest BCUT2D eigenvalue weighted by Crippen LogP contribution is -2.51. The van der Waals surface area contributed by atoms with Gasteiger partial charge in [0.1, 0.15) is 0 Å². The summed E-state index contributed by atoms with van der Waals surface area (Å²) in [7, 11) is 0. The Morgan fingerprint density at radius 2 is 1.81 bits per heavy atom. The molecule has 21 heavy (non-hydrogen) atoms. The van der Waals surface area contributed by atoms with E-state index in [0.29, 0.717) is 11.3 Å². The number of hydrogen-bond donors (Lipinski definition) is 2. The maximum absolute atomic E-state index is 10.5. The van der Waals surface area contributed by atoms with Crippen LogP contribution >= 0.6 is 0 Å². The van der Waals surface area contributed by atoms with Crippen LogP contribution in [0.1, 0.15) is 65.2 Å². The van der Waals surface area contributed by atoms with E-state index in [-0.39, 0.29) is 17.6 Å². The van der Waals surface area contributed by atoms with Crippen molar-refractivity contribution >= 4 is 0 Å². The van der Waals surface area contributed by atoms with Gasteiger partial charge in [-0.1, -0.05) is 25.5 Å². The van der Waals surface area contributed by atoms with Crippen molar-refractivity contribution in [1.82, 2.24) is 0 Å². The van der Waals surface area contributed by atoms with E-state index in [9.17, 15) is 10.2 Å². The van der Waals surface area contributed by atoms with Gasteiger partial charge in [0, 0.05) is 0 Å². The highest BCUT2D eigenvalue weighted by Crippen LogP contribution is 2.64. The van der Waals surface area contributed by atoms with Crippen molar-refractivity contribution in [2.45, 2.75) is 77.4 Å². The minimum atomic E-state index is -0.108. The van der Waals surface area contributed by atoms with Gasteiger partial charge in [0.05, 0.1) is 12.2 Å². The lowest BCUT2D eigenvalue weighted by atomic mass is 9.48. The zero-order chi connectivity index (χ0) is 14.8. The summed E-state index contributed by atoms with van der Waals surface area (Å²) in [5.74, 6) is 2.27. The van der Waals surface area contributed by atoms with Crippen molar-refractivity contribution in [3.8, 4) is 0 Å². The molecule has 0 spiro atoms.